The van der Waals surface area contributed by atoms with Gasteiger partial charge in [-0.15, -0.1) is 0 Å². The fourth-order valence-corrected chi connectivity index (χ4v) is 2.79. The largest absolute Gasteiger partial charge is 0.320 e. The highest BCUT2D eigenvalue weighted by molar-refractivity contribution is 7.92. The van der Waals surface area contributed by atoms with Gasteiger partial charge < -0.3 is 5.73 Å². The van der Waals surface area contributed by atoms with Gasteiger partial charge in [-0.25, -0.2) is 12.8 Å². The van der Waals surface area contributed by atoms with Gasteiger partial charge in [0.15, 0.2) is 0 Å². The number of anilines is 1. The Labute approximate surface area is 122 Å². The zero-order valence-corrected chi connectivity index (χ0v) is 11.8. The monoisotopic (exact) mass is 304 g/mol. The van der Waals surface area contributed by atoms with Crippen molar-refractivity contribution in [2.75, 3.05) is 11.3 Å². The summed E-state index contributed by atoms with van der Waals surface area (Å²) in [6, 6.07) is 11.6. The van der Waals surface area contributed by atoms with Crippen molar-refractivity contribution < 1.29 is 12.8 Å². The topological polar surface area (TPSA) is 72.2 Å². The van der Waals surface area contributed by atoms with Crippen LogP contribution >= 0.6 is 0 Å². The molecular weight excluding hydrogens is 291 g/mol. The maximum absolute atomic E-state index is 13.5. The van der Waals surface area contributed by atoms with Crippen molar-refractivity contribution >= 4 is 15.7 Å². The number of nitrogens with two attached hydrogens (primary N) is 1. The van der Waals surface area contributed by atoms with E-state index in [4.69, 9.17) is 5.73 Å². The van der Waals surface area contributed by atoms with E-state index < -0.39 is 20.7 Å². The molecule has 0 saturated heterocycles. The Morgan fingerprint density at radius 2 is 1.76 bits per heavy atom. The van der Waals surface area contributed by atoms with Crippen LogP contribution in [0.2, 0.25) is 0 Å². The fourth-order valence-electron chi connectivity index (χ4n) is 1.65. The molecular formula is C15H13FN2O2S. The zero-order chi connectivity index (χ0) is 15.3. The average Bonchev–Trinajstić information content (AvgIpc) is 2.46. The minimum Gasteiger partial charge on any atom is -0.320 e. The van der Waals surface area contributed by atoms with E-state index in [0.29, 0.717) is 11.3 Å². The molecule has 2 aromatic carbocycles. The van der Waals surface area contributed by atoms with Crippen molar-refractivity contribution in [1.82, 2.24) is 0 Å². The number of rotatable bonds is 3. The van der Waals surface area contributed by atoms with E-state index in [2.05, 4.69) is 16.6 Å². The molecule has 0 aliphatic carbocycles. The van der Waals surface area contributed by atoms with E-state index in [0.717, 1.165) is 6.07 Å². The molecule has 2 aromatic rings. The highest BCUT2D eigenvalue weighted by atomic mass is 32.2. The Balaban J connectivity index is 2.23. The van der Waals surface area contributed by atoms with Crippen LogP contribution in [0.1, 0.15) is 5.56 Å². The summed E-state index contributed by atoms with van der Waals surface area (Å²) in [6.07, 6.45) is 0. The van der Waals surface area contributed by atoms with Crippen LogP contribution in [0.15, 0.2) is 53.4 Å². The van der Waals surface area contributed by atoms with Crippen molar-refractivity contribution in [3.8, 4) is 11.8 Å². The molecule has 0 unspecified atom stereocenters. The maximum atomic E-state index is 13.5. The van der Waals surface area contributed by atoms with Crippen LogP contribution < -0.4 is 10.5 Å². The fraction of sp³-hybridized carbons (Fsp3) is 0.0667. The van der Waals surface area contributed by atoms with Gasteiger partial charge in [0.2, 0.25) is 0 Å². The van der Waals surface area contributed by atoms with E-state index in [1.165, 1.54) is 18.2 Å². The molecule has 0 aliphatic heterocycles. The number of benzene rings is 2. The number of hydrogen-bond acceptors (Lipinski definition) is 3. The van der Waals surface area contributed by atoms with Gasteiger partial charge in [-0.05, 0) is 36.4 Å². The molecule has 3 N–H and O–H groups in total. The van der Waals surface area contributed by atoms with Crippen molar-refractivity contribution in [3.63, 3.8) is 0 Å². The van der Waals surface area contributed by atoms with Crippen molar-refractivity contribution in [1.29, 1.82) is 0 Å². The number of halogens is 1. The molecule has 0 fully saturated rings. The Bertz CT molecular complexity index is 790. The van der Waals surface area contributed by atoms with Crippen LogP contribution in [0.4, 0.5) is 10.1 Å². The molecule has 0 heterocycles. The van der Waals surface area contributed by atoms with Gasteiger partial charge in [-0.1, -0.05) is 24.0 Å². The molecule has 0 spiro atoms. The molecule has 108 valence electrons. The van der Waals surface area contributed by atoms with Crippen LogP contribution in [-0.2, 0) is 10.0 Å². The summed E-state index contributed by atoms with van der Waals surface area (Å²) in [5.74, 6) is 4.72. The quantitative estimate of drug-likeness (QED) is 0.851. The van der Waals surface area contributed by atoms with E-state index in [1.807, 2.05) is 0 Å². The Morgan fingerprint density at radius 1 is 1.10 bits per heavy atom. The van der Waals surface area contributed by atoms with Crippen LogP contribution in [-0.4, -0.2) is 15.0 Å². The lowest BCUT2D eigenvalue weighted by molar-refractivity contribution is 0.570. The third-order valence-corrected chi connectivity index (χ3v) is 4.01. The number of hydrogen-bond donors (Lipinski definition) is 2. The van der Waals surface area contributed by atoms with Gasteiger partial charge in [0.25, 0.3) is 10.0 Å². The second kappa shape index (κ2) is 6.39. The summed E-state index contributed by atoms with van der Waals surface area (Å²) in [6.45, 7) is 0.252. The van der Waals surface area contributed by atoms with Gasteiger partial charge in [0, 0.05) is 11.3 Å². The summed E-state index contributed by atoms with van der Waals surface area (Å²) in [7, 11) is -3.95. The van der Waals surface area contributed by atoms with Crippen molar-refractivity contribution in [2.45, 2.75) is 4.90 Å². The Kier molecular flexibility index (Phi) is 4.58. The first-order valence-electron chi connectivity index (χ1n) is 6.09. The summed E-state index contributed by atoms with van der Waals surface area (Å²) < 4.78 is 40.0. The second-order valence-electron chi connectivity index (χ2n) is 4.12. The molecule has 6 heteroatoms. The molecule has 0 aliphatic rings. The molecule has 21 heavy (non-hydrogen) atoms. The summed E-state index contributed by atoms with van der Waals surface area (Å²) >= 11 is 0. The first-order valence-corrected chi connectivity index (χ1v) is 7.57. The van der Waals surface area contributed by atoms with Gasteiger partial charge in [-0.2, -0.15) is 0 Å². The molecule has 0 aromatic heterocycles. The number of nitrogens with one attached hydrogen (secondary N) is 1. The smallest absolute Gasteiger partial charge is 0.264 e. The molecule has 0 atom stereocenters. The minimum atomic E-state index is -3.95. The van der Waals surface area contributed by atoms with Crippen LogP contribution in [0.25, 0.3) is 0 Å². The van der Waals surface area contributed by atoms with Gasteiger partial charge in [-0.3, -0.25) is 4.72 Å². The highest BCUT2D eigenvalue weighted by Gasteiger charge is 2.18. The van der Waals surface area contributed by atoms with E-state index >= 15 is 0 Å². The molecule has 0 amide bonds. The normalized spacial score (nSPS) is 10.6. The lowest BCUT2D eigenvalue weighted by Gasteiger charge is -2.08. The number of sulfonamides is 1. The maximum Gasteiger partial charge on any atom is 0.264 e. The first-order chi connectivity index (χ1) is 10.0. The lowest BCUT2D eigenvalue weighted by atomic mass is 10.2. The third-order valence-electron chi connectivity index (χ3n) is 2.60. The van der Waals surface area contributed by atoms with Gasteiger partial charge in [0.05, 0.1) is 6.54 Å². The van der Waals surface area contributed by atoms with Crippen LogP contribution in [0.3, 0.4) is 0 Å². The highest BCUT2D eigenvalue weighted by Crippen LogP contribution is 2.18. The SMILES string of the molecule is NCC#Cc1ccc(NS(=O)(=O)c2ccccc2F)cc1. The summed E-state index contributed by atoms with van der Waals surface area (Å²) in [5.41, 5.74) is 6.31. The molecule has 0 radical (unpaired) electrons. The zero-order valence-electron chi connectivity index (χ0n) is 11.0. The molecule has 0 bridgehead atoms. The van der Waals surface area contributed by atoms with E-state index in [1.54, 1.807) is 24.3 Å². The van der Waals surface area contributed by atoms with E-state index in [9.17, 15) is 12.8 Å². The Morgan fingerprint density at radius 3 is 2.38 bits per heavy atom. The molecule has 2 rings (SSSR count). The summed E-state index contributed by atoms with van der Waals surface area (Å²) in [5, 5.41) is 0. The lowest BCUT2D eigenvalue weighted by Crippen LogP contribution is -2.14. The predicted octanol–water partition coefficient (Wildman–Crippen LogP) is 1.94. The van der Waals surface area contributed by atoms with Crippen LogP contribution in [0, 0.1) is 17.7 Å². The van der Waals surface area contributed by atoms with Gasteiger partial charge in [0.1, 0.15) is 10.7 Å². The standard InChI is InChI=1S/C15H13FN2O2S/c16-14-5-1-2-6-15(14)21(19,20)18-13-9-7-12(8-10-13)4-3-11-17/h1-2,5-10,18H,11,17H2. The van der Waals surface area contributed by atoms with Crippen molar-refractivity contribution in [3.05, 3.63) is 59.9 Å². The minimum absolute atomic E-state index is 0.252. The predicted molar refractivity (Wildman–Crippen MR) is 79.6 cm³/mol. The molecule has 4 nitrogen and oxygen atoms in total. The Hall–Kier alpha value is -2.36. The molecule has 0 saturated carbocycles. The summed E-state index contributed by atoms with van der Waals surface area (Å²) in [4.78, 5) is -0.392. The third kappa shape index (κ3) is 3.81. The second-order valence-corrected chi connectivity index (χ2v) is 5.77. The van der Waals surface area contributed by atoms with Crippen molar-refractivity contribution in [2.24, 2.45) is 5.73 Å². The first kappa shape index (κ1) is 15.0. The van der Waals surface area contributed by atoms with E-state index in [-0.39, 0.29) is 6.54 Å². The average molecular weight is 304 g/mol. The van der Waals surface area contributed by atoms with Gasteiger partial charge >= 0.3 is 0 Å². The van der Waals surface area contributed by atoms with Crippen LogP contribution in [0.5, 0.6) is 0 Å².